The zero-order valence-electron chi connectivity index (χ0n) is 16.4. The first kappa shape index (κ1) is 19.8. The van der Waals surface area contributed by atoms with Crippen molar-refractivity contribution in [1.82, 2.24) is 25.0 Å². The topological polar surface area (TPSA) is 101 Å². The second-order valence-electron chi connectivity index (χ2n) is 6.85. The fourth-order valence-electron chi connectivity index (χ4n) is 3.55. The summed E-state index contributed by atoms with van der Waals surface area (Å²) >= 11 is 0. The minimum Gasteiger partial charge on any atom is -0.383 e. The molecule has 2 aromatic rings. The summed E-state index contributed by atoms with van der Waals surface area (Å²) in [6, 6.07) is 4.80. The molecule has 150 valence electrons. The maximum absolute atomic E-state index is 12.6. The van der Waals surface area contributed by atoms with Gasteiger partial charge in [0.2, 0.25) is 5.91 Å². The number of aryl methyl sites for hydroxylation is 1. The van der Waals surface area contributed by atoms with Crippen LogP contribution < -0.4 is 10.6 Å². The predicted octanol–water partition coefficient (Wildman–Crippen LogP) is 1.48. The van der Waals surface area contributed by atoms with Gasteiger partial charge < -0.3 is 15.0 Å². The first-order chi connectivity index (χ1) is 13.5. The Balaban J connectivity index is 1.71. The lowest BCUT2D eigenvalue weighted by Crippen LogP contribution is -2.37. The predicted molar refractivity (Wildman–Crippen MR) is 104 cm³/mol. The van der Waals surface area contributed by atoms with E-state index in [9.17, 15) is 9.59 Å². The van der Waals surface area contributed by atoms with Gasteiger partial charge in [0, 0.05) is 57.0 Å². The number of hydrogen-bond acceptors (Lipinski definition) is 5. The number of carbonyl (C=O) groups excluding carboxylic acids is 2. The number of nitrogens with one attached hydrogen (secondary N) is 2. The minimum atomic E-state index is -0.344. The zero-order chi connectivity index (χ0) is 20.1. The highest BCUT2D eigenvalue weighted by atomic mass is 16.5. The Labute approximate surface area is 164 Å². The van der Waals surface area contributed by atoms with Crippen LogP contribution in [0.4, 0.5) is 10.6 Å². The number of amides is 3. The van der Waals surface area contributed by atoms with Gasteiger partial charge in [-0.1, -0.05) is 6.07 Å². The molecule has 3 amide bonds. The average Bonchev–Trinajstić information content (AvgIpc) is 3.18. The van der Waals surface area contributed by atoms with Crippen molar-refractivity contribution in [1.29, 1.82) is 0 Å². The van der Waals surface area contributed by atoms with Crippen LogP contribution in [0.25, 0.3) is 0 Å². The van der Waals surface area contributed by atoms with Gasteiger partial charge in [0.1, 0.15) is 5.82 Å². The van der Waals surface area contributed by atoms with Gasteiger partial charge in [-0.2, -0.15) is 5.10 Å². The number of likely N-dealkylation sites (tertiary alicyclic amines) is 1. The number of carbonyl (C=O) groups is 2. The van der Waals surface area contributed by atoms with Gasteiger partial charge in [-0.25, -0.2) is 9.78 Å². The molecule has 0 bridgehead atoms. The Bertz CT molecular complexity index is 822. The number of ether oxygens (including phenoxy) is 1. The third kappa shape index (κ3) is 4.30. The normalized spacial score (nSPS) is 19.1. The van der Waals surface area contributed by atoms with Crippen molar-refractivity contribution in [3.05, 3.63) is 41.9 Å². The summed E-state index contributed by atoms with van der Waals surface area (Å²) in [7, 11) is 3.49. The highest BCUT2D eigenvalue weighted by molar-refractivity contribution is 5.88. The maximum atomic E-state index is 12.6. The number of hydrogen-bond donors (Lipinski definition) is 2. The Morgan fingerprint density at radius 3 is 2.86 bits per heavy atom. The number of rotatable bonds is 7. The van der Waals surface area contributed by atoms with Crippen LogP contribution in [-0.4, -0.2) is 58.4 Å². The first-order valence-electron chi connectivity index (χ1n) is 9.24. The number of nitrogens with zero attached hydrogens (tertiary/aromatic N) is 4. The van der Waals surface area contributed by atoms with Crippen molar-refractivity contribution in [2.24, 2.45) is 13.0 Å². The van der Waals surface area contributed by atoms with E-state index >= 15 is 0 Å². The minimum absolute atomic E-state index is 0.0539. The Morgan fingerprint density at radius 1 is 1.39 bits per heavy atom. The van der Waals surface area contributed by atoms with Crippen molar-refractivity contribution in [2.45, 2.75) is 19.4 Å². The number of urea groups is 1. The smallest absolute Gasteiger partial charge is 0.320 e. The molecule has 2 N–H and O–H groups in total. The molecule has 0 radical (unpaired) electrons. The first-order valence-corrected chi connectivity index (χ1v) is 9.24. The van der Waals surface area contributed by atoms with Crippen LogP contribution in [0.2, 0.25) is 0 Å². The van der Waals surface area contributed by atoms with Crippen molar-refractivity contribution in [2.75, 3.05) is 32.1 Å². The Morgan fingerprint density at radius 2 is 2.21 bits per heavy atom. The SMILES string of the molecule is COCCN1C(=O)C[C@H](CNC(=O)Nc2ccccn2)[C@H]1c1cnn(C)c1C. The third-order valence-corrected chi connectivity index (χ3v) is 5.10. The monoisotopic (exact) mass is 386 g/mol. The molecular formula is C19H26N6O3. The molecule has 1 aliphatic heterocycles. The number of anilines is 1. The molecule has 1 fully saturated rings. The molecule has 2 atom stereocenters. The van der Waals surface area contributed by atoms with Crippen LogP contribution in [-0.2, 0) is 16.6 Å². The molecule has 0 aromatic carbocycles. The van der Waals surface area contributed by atoms with Crippen LogP contribution in [0.1, 0.15) is 23.7 Å². The lowest BCUT2D eigenvalue weighted by Gasteiger charge is -2.28. The molecule has 0 saturated carbocycles. The van der Waals surface area contributed by atoms with E-state index < -0.39 is 0 Å². The maximum Gasteiger partial charge on any atom is 0.320 e. The Kier molecular flexibility index (Phi) is 6.25. The van der Waals surface area contributed by atoms with E-state index in [0.29, 0.717) is 31.9 Å². The van der Waals surface area contributed by atoms with Gasteiger partial charge in [-0.05, 0) is 19.1 Å². The van der Waals surface area contributed by atoms with Gasteiger partial charge in [-0.3, -0.25) is 14.8 Å². The van der Waals surface area contributed by atoms with Crippen molar-refractivity contribution in [3.63, 3.8) is 0 Å². The van der Waals surface area contributed by atoms with E-state index in [1.54, 1.807) is 42.4 Å². The molecule has 2 aromatic heterocycles. The molecule has 1 saturated heterocycles. The molecule has 3 rings (SSSR count). The van der Waals surface area contributed by atoms with Crippen LogP contribution in [0, 0.1) is 12.8 Å². The van der Waals surface area contributed by atoms with Crippen molar-refractivity contribution < 1.29 is 14.3 Å². The van der Waals surface area contributed by atoms with E-state index in [0.717, 1.165) is 11.3 Å². The van der Waals surface area contributed by atoms with E-state index in [1.165, 1.54) is 0 Å². The largest absolute Gasteiger partial charge is 0.383 e. The molecule has 3 heterocycles. The molecule has 1 aliphatic rings. The van der Waals surface area contributed by atoms with E-state index in [4.69, 9.17) is 4.74 Å². The highest BCUT2D eigenvalue weighted by Gasteiger charge is 2.41. The second-order valence-corrected chi connectivity index (χ2v) is 6.85. The summed E-state index contributed by atoms with van der Waals surface area (Å²) in [6.07, 6.45) is 3.78. The van der Waals surface area contributed by atoms with Crippen LogP contribution in [0.5, 0.6) is 0 Å². The summed E-state index contributed by atoms with van der Waals surface area (Å²) in [5.41, 5.74) is 2.01. The number of methoxy groups -OCH3 is 1. The summed E-state index contributed by atoms with van der Waals surface area (Å²) in [4.78, 5) is 30.8. The number of aromatic nitrogens is 3. The van der Waals surface area contributed by atoms with Crippen molar-refractivity contribution in [3.8, 4) is 0 Å². The standard InChI is InChI=1S/C19H26N6O3/c1-13-15(12-22-24(13)2)18-14(10-17(26)25(18)8-9-28-3)11-21-19(27)23-16-6-4-5-7-20-16/h4-7,12,14,18H,8-11H2,1-3H3,(H2,20,21,23,27)/t14-,18+/m1/s1. The van der Waals surface area contributed by atoms with Gasteiger partial charge in [0.15, 0.2) is 0 Å². The van der Waals surface area contributed by atoms with Crippen LogP contribution in [0.3, 0.4) is 0 Å². The number of pyridine rings is 1. The summed E-state index contributed by atoms with van der Waals surface area (Å²) in [5, 5.41) is 9.89. The summed E-state index contributed by atoms with van der Waals surface area (Å²) < 4.78 is 6.97. The molecule has 0 aliphatic carbocycles. The van der Waals surface area contributed by atoms with Gasteiger partial charge in [0.25, 0.3) is 0 Å². The lowest BCUT2D eigenvalue weighted by atomic mass is 9.94. The van der Waals surface area contributed by atoms with Gasteiger partial charge >= 0.3 is 6.03 Å². The molecule has 9 nitrogen and oxygen atoms in total. The van der Waals surface area contributed by atoms with Crippen LogP contribution >= 0.6 is 0 Å². The van der Waals surface area contributed by atoms with Gasteiger partial charge in [0.05, 0.1) is 18.8 Å². The van der Waals surface area contributed by atoms with E-state index in [-0.39, 0.29) is 23.9 Å². The third-order valence-electron chi connectivity index (χ3n) is 5.10. The van der Waals surface area contributed by atoms with Gasteiger partial charge in [-0.15, -0.1) is 0 Å². The molecule has 0 spiro atoms. The van der Waals surface area contributed by atoms with Crippen LogP contribution in [0.15, 0.2) is 30.6 Å². The zero-order valence-corrected chi connectivity index (χ0v) is 16.4. The fraction of sp³-hybridized carbons (Fsp3) is 0.474. The average molecular weight is 386 g/mol. The molecular weight excluding hydrogens is 360 g/mol. The molecule has 0 unspecified atom stereocenters. The molecule has 28 heavy (non-hydrogen) atoms. The fourth-order valence-corrected chi connectivity index (χ4v) is 3.55. The lowest BCUT2D eigenvalue weighted by molar-refractivity contribution is -0.129. The van der Waals surface area contributed by atoms with E-state index in [2.05, 4.69) is 20.7 Å². The summed E-state index contributed by atoms with van der Waals surface area (Å²) in [6.45, 7) is 3.32. The second kappa shape index (κ2) is 8.83. The summed E-state index contributed by atoms with van der Waals surface area (Å²) in [5.74, 6) is 0.479. The quantitative estimate of drug-likeness (QED) is 0.751. The highest BCUT2D eigenvalue weighted by Crippen LogP contribution is 2.38. The van der Waals surface area contributed by atoms with E-state index in [1.807, 2.05) is 18.9 Å². The Hall–Kier alpha value is -2.94. The molecule has 9 heteroatoms. The van der Waals surface area contributed by atoms with Crippen molar-refractivity contribution >= 4 is 17.8 Å².